The summed E-state index contributed by atoms with van der Waals surface area (Å²) in [7, 11) is 0. The maximum absolute atomic E-state index is 13.0. The van der Waals surface area contributed by atoms with Crippen LogP contribution < -0.4 is 0 Å². The van der Waals surface area contributed by atoms with Gasteiger partial charge in [0.05, 0.1) is 11.8 Å². The lowest BCUT2D eigenvalue weighted by atomic mass is 10.1. The lowest BCUT2D eigenvalue weighted by Crippen LogP contribution is -2.04. The van der Waals surface area contributed by atoms with Crippen LogP contribution in [0.4, 0.5) is 13.2 Å². The molecule has 0 amide bonds. The molecule has 0 atom stereocenters. The summed E-state index contributed by atoms with van der Waals surface area (Å²) >= 11 is 0. The molecule has 2 rings (SSSR count). The molecular weight excluding hydrogens is 245 g/mol. The summed E-state index contributed by atoms with van der Waals surface area (Å²) < 4.78 is 40.3. The molecule has 0 aliphatic carbocycles. The number of hydrogen-bond donors (Lipinski definition) is 0. The monoisotopic (exact) mass is 254 g/mol. The third-order valence-electron chi connectivity index (χ3n) is 2.47. The standard InChI is InChI=1S/C12H9F3N2O/c1-2-17-6-8(5-16-17)12(18)7-3-9(13)11(15)10(14)4-7/h3-6H,2H2,1H3. The number of nitrogens with zero attached hydrogens (tertiary/aromatic N) is 2. The fourth-order valence-corrected chi connectivity index (χ4v) is 1.51. The van der Waals surface area contributed by atoms with Crippen molar-refractivity contribution in [1.29, 1.82) is 0 Å². The second kappa shape index (κ2) is 4.64. The van der Waals surface area contributed by atoms with Crippen molar-refractivity contribution >= 4 is 5.78 Å². The van der Waals surface area contributed by atoms with Gasteiger partial charge >= 0.3 is 0 Å². The third kappa shape index (κ3) is 2.13. The minimum atomic E-state index is -1.59. The van der Waals surface area contributed by atoms with Crippen molar-refractivity contribution in [2.75, 3.05) is 0 Å². The Kier molecular flexibility index (Phi) is 3.18. The minimum absolute atomic E-state index is 0.197. The molecule has 0 saturated heterocycles. The number of rotatable bonds is 3. The summed E-state index contributed by atoms with van der Waals surface area (Å²) in [5.41, 5.74) is -0.0516. The van der Waals surface area contributed by atoms with Crippen LogP contribution in [-0.2, 0) is 6.54 Å². The van der Waals surface area contributed by atoms with Gasteiger partial charge in [-0.05, 0) is 19.1 Å². The number of benzene rings is 1. The van der Waals surface area contributed by atoms with E-state index < -0.39 is 23.2 Å². The molecule has 1 aromatic heterocycles. The van der Waals surface area contributed by atoms with E-state index in [1.807, 2.05) is 6.92 Å². The zero-order valence-corrected chi connectivity index (χ0v) is 9.45. The van der Waals surface area contributed by atoms with Gasteiger partial charge in [0.1, 0.15) is 0 Å². The van der Waals surface area contributed by atoms with Gasteiger partial charge in [-0.1, -0.05) is 0 Å². The number of carbonyl (C=O) groups is 1. The first-order valence-corrected chi connectivity index (χ1v) is 5.24. The van der Waals surface area contributed by atoms with Crippen molar-refractivity contribution in [3.63, 3.8) is 0 Å². The quantitative estimate of drug-likeness (QED) is 0.623. The zero-order valence-electron chi connectivity index (χ0n) is 9.45. The Morgan fingerprint density at radius 3 is 2.33 bits per heavy atom. The molecule has 0 bridgehead atoms. The van der Waals surface area contributed by atoms with Crippen LogP contribution in [0, 0.1) is 17.5 Å². The van der Waals surface area contributed by atoms with Gasteiger partial charge in [-0.25, -0.2) is 13.2 Å². The van der Waals surface area contributed by atoms with Crippen molar-refractivity contribution in [3.05, 3.63) is 53.1 Å². The number of aromatic nitrogens is 2. The lowest BCUT2D eigenvalue weighted by Gasteiger charge is -2.00. The Morgan fingerprint density at radius 1 is 1.22 bits per heavy atom. The van der Waals surface area contributed by atoms with Crippen LogP contribution in [-0.4, -0.2) is 15.6 Å². The molecule has 94 valence electrons. The first-order valence-electron chi connectivity index (χ1n) is 5.24. The summed E-state index contributed by atoms with van der Waals surface area (Å²) in [5.74, 6) is -4.97. The van der Waals surface area contributed by atoms with Gasteiger partial charge in [0.2, 0.25) is 0 Å². The van der Waals surface area contributed by atoms with E-state index in [4.69, 9.17) is 0 Å². The van der Waals surface area contributed by atoms with Crippen LogP contribution in [0.15, 0.2) is 24.5 Å². The van der Waals surface area contributed by atoms with Crippen LogP contribution in [0.25, 0.3) is 0 Å². The highest BCUT2D eigenvalue weighted by molar-refractivity contribution is 6.08. The highest BCUT2D eigenvalue weighted by Crippen LogP contribution is 2.16. The largest absolute Gasteiger partial charge is 0.288 e. The first kappa shape index (κ1) is 12.3. The molecule has 0 N–H and O–H groups in total. The SMILES string of the molecule is CCn1cc(C(=O)c2cc(F)c(F)c(F)c2)cn1. The Hall–Kier alpha value is -2.11. The van der Waals surface area contributed by atoms with Crippen LogP contribution in [0.5, 0.6) is 0 Å². The van der Waals surface area contributed by atoms with Crippen molar-refractivity contribution < 1.29 is 18.0 Å². The summed E-state index contributed by atoms with van der Waals surface area (Å²) in [6.45, 7) is 2.40. The molecule has 0 aliphatic rings. The molecular formula is C12H9F3N2O. The predicted molar refractivity (Wildman–Crippen MR) is 57.6 cm³/mol. The summed E-state index contributed by atoms with van der Waals surface area (Å²) in [4.78, 5) is 11.9. The predicted octanol–water partition coefficient (Wildman–Crippen LogP) is 2.55. The molecule has 0 spiro atoms. The van der Waals surface area contributed by atoms with Crippen molar-refractivity contribution in [2.45, 2.75) is 13.5 Å². The molecule has 0 unspecified atom stereocenters. The highest BCUT2D eigenvalue weighted by Gasteiger charge is 2.17. The van der Waals surface area contributed by atoms with Crippen LogP contribution in [0.1, 0.15) is 22.8 Å². The number of carbonyl (C=O) groups excluding carboxylic acids is 1. The molecule has 3 nitrogen and oxygen atoms in total. The summed E-state index contributed by atoms with van der Waals surface area (Å²) in [6.07, 6.45) is 2.76. The third-order valence-corrected chi connectivity index (χ3v) is 2.47. The molecule has 18 heavy (non-hydrogen) atoms. The average molecular weight is 254 g/mol. The van der Waals surface area contributed by atoms with Crippen molar-refractivity contribution in [1.82, 2.24) is 9.78 Å². The van der Waals surface area contributed by atoms with E-state index in [0.29, 0.717) is 18.7 Å². The van der Waals surface area contributed by atoms with Gasteiger partial charge < -0.3 is 0 Å². The Labute approximate surface area is 101 Å². The molecule has 0 fully saturated rings. The maximum atomic E-state index is 13.0. The van der Waals surface area contributed by atoms with E-state index in [9.17, 15) is 18.0 Å². The maximum Gasteiger partial charge on any atom is 0.196 e. The highest BCUT2D eigenvalue weighted by atomic mass is 19.2. The lowest BCUT2D eigenvalue weighted by molar-refractivity contribution is 0.103. The fourth-order valence-electron chi connectivity index (χ4n) is 1.51. The summed E-state index contributed by atoms with van der Waals surface area (Å²) in [6, 6.07) is 1.34. The first-order chi connectivity index (χ1) is 8.52. The fraction of sp³-hybridized carbons (Fsp3) is 0.167. The van der Waals surface area contributed by atoms with Crippen LogP contribution in [0.3, 0.4) is 0 Å². The molecule has 0 radical (unpaired) electrons. The Balaban J connectivity index is 2.40. The van der Waals surface area contributed by atoms with Gasteiger partial charge in [-0.3, -0.25) is 9.48 Å². The molecule has 2 aromatic rings. The number of hydrogen-bond acceptors (Lipinski definition) is 2. The Bertz CT molecular complexity index is 584. The van der Waals surface area contributed by atoms with Gasteiger partial charge in [0, 0.05) is 18.3 Å². The minimum Gasteiger partial charge on any atom is -0.288 e. The summed E-state index contributed by atoms with van der Waals surface area (Å²) in [5, 5.41) is 3.88. The molecule has 1 aromatic carbocycles. The van der Waals surface area contributed by atoms with Crippen molar-refractivity contribution in [3.8, 4) is 0 Å². The van der Waals surface area contributed by atoms with Crippen LogP contribution in [0.2, 0.25) is 0 Å². The van der Waals surface area contributed by atoms with E-state index in [0.717, 1.165) is 0 Å². The zero-order chi connectivity index (χ0) is 13.3. The number of halogens is 3. The smallest absolute Gasteiger partial charge is 0.196 e. The second-order valence-corrected chi connectivity index (χ2v) is 3.67. The molecule has 0 saturated carbocycles. The van der Waals surface area contributed by atoms with E-state index >= 15 is 0 Å². The van der Waals surface area contributed by atoms with E-state index in [1.54, 1.807) is 0 Å². The van der Waals surface area contributed by atoms with Gasteiger partial charge in [0.25, 0.3) is 0 Å². The second-order valence-electron chi connectivity index (χ2n) is 3.67. The van der Waals surface area contributed by atoms with E-state index in [2.05, 4.69) is 5.10 Å². The van der Waals surface area contributed by atoms with Gasteiger partial charge in [-0.15, -0.1) is 0 Å². The van der Waals surface area contributed by atoms with E-state index in [-0.39, 0.29) is 11.1 Å². The Morgan fingerprint density at radius 2 is 1.83 bits per heavy atom. The average Bonchev–Trinajstić information content (AvgIpc) is 2.83. The van der Waals surface area contributed by atoms with E-state index in [1.165, 1.54) is 17.1 Å². The number of aryl methyl sites for hydroxylation is 1. The van der Waals surface area contributed by atoms with Crippen LogP contribution >= 0.6 is 0 Å². The van der Waals surface area contributed by atoms with Crippen molar-refractivity contribution in [2.24, 2.45) is 0 Å². The normalized spacial score (nSPS) is 10.7. The molecule has 6 heteroatoms. The topological polar surface area (TPSA) is 34.9 Å². The molecule has 1 heterocycles. The van der Waals surface area contributed by atoms with Gasteiger partial charge in [-0.2, -0.15) is 5.10 Å². The number of ketones is 1. The molecule has 0 aliphatic heterocycles. The van der Waals surface area contributed by atoms with Gasteiger partial charge in [0.15, 0.2) is 23.2 Å².